The number of nitro benzene ring substituents is 1. The van der Waals surface area contributed by atoms with E-state index >= 15 is 0 Å². The molecule has 0 bridgehead atoms. The highest BCUT2D eigenvalue weighted by atomic mass is 79.9. The summed E-state index contributed by atoms with van der Waals surface area (Å²) in [7, 11) is 0. The van der Waals surface area contributed by atoms with Gasteiger partial charge in [-0.15, -0.1) is 11.3 Å². The second-order valence-electron chi connectivity index (χ2n) is 3.84. The number of non-ortho nitro benzene ring substituents is 1. The fourth-order valence-electron chi connectivity index (χ4n) is 1.55. The van der Waals surface area contributed by atoms with Crippen LogP contribution in [0, 0.1) is 10.1 Å². The zero-order valence-electron chi connectivity index (χ0n) is 10.2. The van der Waals surface area contributed by atoms with Gasteiger partial charge in [0.05, 0.1) is 16.1 Å². The molecule has 7 nitrogen and oxygen atoms in total. The lowest BCUT2D eigenvalue weighted by Gasteiger charge is -2.06. The number of carboxylic acid groups (broad SMARTS) is 1. The quantitative estimate of drug-likeness (QED) is 0.633. The van der Waals surface area contributed by atoms with Gasteiger partial charge in [-0.2, -0.15) is 0 Å². The number of halogens is 1. The van der Waals surface area contributed by atoms with E-state index in [0.29, 0.717) is 4.47 Å². The van der Waals surface area contributed by atoms with E-state index in [1.807, 2.05) is 0 Å². The number of nitrogens with zero attached hydrogens (tertiary/aromatic N) is 1. The van der Waals surface area contributed by atoms with Gasteiger partial charge < -0.3 is 10.4 Å². The molecule has 9 heteroatoms. The molecule has 0 aliphatic heterocycles. The molecule has 2 aromatic rings. The predicted octanol–water partition coefficient (Wildman–Crippen LogP) is 3.37. The Morgan fingerprint density at radius 1 is 1.29 bits per heavy atom. The summed E-state index contributed by atoms with van der Waals surface area (Å²) in [5.74, 6) is -1.79. The van der Waals surface area contributed by atoms with Gasteiger partial charge in [-0.05, 0) is 33.4 Å². The molecule has 1 heterocycles. The molecule has 2 N–H and O–H groups in total. The van der Waals surface area contributed by atoms with Crippen molar-refractivity contribution >= 4 is 49.8 Å². The van der Waals surface area contributed by atoms with Gasteiger partial charge in [0.15, 0.2) is 0 Å². The summed E-state index contributed by atoms with van der Waals surface area (Å²) in [6.07, 6.45) is 0. The first-order chi connectivity index (χ1) is 9.90. The van der Waals surface area contributed by atoms with E-state index in [9.17, 15) is 19.7 Å². The van der Waals surface area contributed by atoms with Crippen LogP contribution in [0.2, 0.25) is 0 Å². The van der Waals surface area contributed by atoms with E-state index < -0.39 is 16.8 Å². The molecule has 0 radical (unpaired) electrons. The first-order valence-electron chi connectivity index (χ1n) is 5.46. The summed E-state index contributed by atoms with van der Waals surface area (Å²) >= 11 is 4.19. The molecule has 0 spiro atoms. The number of nitrogens with one attached hydrogen (secondary N) is 1. The number of carboxylic acids is 1. The Morgan fingerprint density at radius 2 is 2.00 bits per heavy atom. The summed E-state index contributed by atoms with van der Waals surface area (Å²) in [5.41, 5.74) is -0.211. The highest BCUT2D eigenvalue weighted by Crippen LogP contribution is 2.27. The molecule has 2 rings (SSSR count). The van der Waals surface area contributed by atoms with E-state index in [1.54, 1.807) is 0 Å². The normalized spacial score (nSPS) is 10.1. The number of benzene rings is 1. The van der Waals surface area contributed by atoms with E-state index in [0.717, 1.165) is 17.4 Å². The second kappa shape index (κ2) is 6.02. The van der Waals surface area contributed by atoms with Crippen molar-refractivity contribution < 1.29 is 19.6 Å². The molecule has 1 aromatic heterocycles. The van der Waals surface area contributed by atoms with Crippen LogP contribution >= 0.6 is 27.3 Å². The standard InChI is InChI=1S/C12H7BrN2O5S/c13-9-2-1-6(15(19)20)5-8(9)10(16)14-11-7(12(17)18)3-4-21-11/h1-5H,(H,14,16)(H,17,18). The monoisotopic (exact) mass is 370 g/mol. The van der Waals surface area contributed by atoms with Gasteiger partial charge >= 0.3 is 5.97 Å². The highest BCUT2D eigenvalue weighted by molar-refractivity contribution is 9.10. The van der Waals surface area contributed by atoms with Crippen LogP contribution < -0.4 is 5.32 Å². The van der Waals surface area contributed by atoms with Crippen molar-refractivity contribution in [3.63, 3.8) is 0 Å². The zero-order valence-corrected chi connectivity index (χ0v) is 12.6. The lowest BCUT2D eigenvalue weighted by atomic mass is 10.2. The molecule has 0 saturated carbocycles. The predicted molar refractivity (Wildman–Crippen MR) is 80.0 cm³/mol. The zero-order chi connectivity index (χ0) is 15.6. The number of aromatic carboxylic acids is 1. The van der Waals surface area contributed by atoms with Crippen molar-refractivity contribution in [3.05, 3.63) is 55.4 Å². The van der Waals surface area contributed by atoms with Crippen LogP contribution in [0.25, 0.3) is 0 Å². The van der Waals surface area contributed by atoms with E-state index in [-0.39, 0.29) is 21.8 Å². The summed E-state index contributed by atoms with van der Waals surface area (Å²) in [6, 6.07) is 5.13. The number of amides is 1. The molecule has 108 valence electrons. The molecule has 0 aliphatic rings. The summed E-state index contributed by atoms with van der Waals surface area (Å²) in [4.78, 5) is 33.2. The van der Waals surface area contributed by atoms with Gasteiger partial charge in [-0.1, -0.05) is 0 Å². The Bertz CT molecular complexity index is 743. The van der Waals surface area contributed by atoms with Crippen LogP contribution in [0.4, 0.5) is 10.7 Å². The molecule has 0 saturated heterocycles. The Hall–Kier alpha value is -2.26. The number of anilines is 1. The Balaban J connectivity index is 2.32. The number of hydrogen-bond acceptors (Lipinski definition) is 5. The van der Waals surface area contributed by atoms with Gasteiger partial charge in [-0.3, -0.25) is 14.9 Å². The van der Waals surface area contributed by atoms with E-state index in [2.05, 4.69) is 21.2 Å². The highest BCUT2D eigenvalue weighted by Gasteiger charge is 2.19. The lowest BCUT2D eigenvalue weighted by Crippen LogP contribution is -2.14. The molecule has 21 heavy (non-hydrogen) atoms. The number of thiophene rings is 1. The summed E-state index contributed by atoms with van der Waals surface area (Å²) < 4.78 is 0.374. The van der Waals surface area contributed by atoms with Gasteiger partial charge in [-0.25, -0.2) is 4.79 Å². The van der Waals surface area contributed by atoms with Gasteiger partial charge in [0.2, 0.25) is 0 Å². The van der Waals surface area contributed by atoms with Crippen LogP contribution in [0.5, 0.6) is 0 Å². The van der Waals surface area contributed by atoms with E-state index in [4.69, 9.17) is 5.11 Å². The maximum Gasteiger partial charge on any atom is 0.338 e. The number of rotatable bonds is 4. The summed E-state index contributed by atoms with van der Waals surface area (Å²) in [5, 5.41) is 23.8. The molecule has 0 atom stereocenters. The van der Waals surface area contributed by atoms with Crippen molar-refractivity contribution in [2.45, 2.75) is 0 Å². The largest absolute Gasteiger partial charge is 0.478 e. The Kier molecular flexibility index (Phi) is 4.34. The van der Waals surface area contributed by atoms with Crippen molar-refractivity contribution in [1.82, 2.24) is 0 Å². The average molecular weight is 371 g/mol. The smallest absolute Gasteiger partial charge is 0.338 e. The van der Waals surface area contributed by atoms with Gasteiger partial charge in [0, 0.05) is 16.6 Å². The van der Waals surface area contributed by atoms with Crippen molar-refractivity contribution in [3.8, 4) is 0 Å². The maximum atomic E-state index is 12.1. The molecule has 1 aromatic carbocycles. The van der Waals surface area contributed by atoms with Crippen LogP contribution in [-0.4, -0.2) is 21.9 Å². The van der Waals surface area contributed by atoms with Crippen LogP contribution in [-0.2, 0) is 0 Å². The molecule has 1 amide bonds. The second-order valence-corrected chi connectivity index (χ2v) is 5.61. The fourth-order valence-corrected chi connectivity index (χ4v) is 2.75. The van der Waals surface area contributed by atoms with E-state index in [1.165, 1.54) is 23.6 Å². The molecule has 0 fully saturated rings. The third-order valence-electron chi connectivity index (χ3n) is 2.53. The minimum Gasteiger partial charge on any atom is -0.478 e. The molecular weight excluding hydrogens is 364 g/mol. The molecular formula is C12H7BrN2O5S. The van der Waals surface area contributed by atoms with Crippen molar-refractivity contribution in [2.75, 3.05) is 5.32 Å². The maximum absolute atomic E-state index is 12.1. The minimum atomic E-state index is -1.16. The van der Waals surface area contributed by atoms with Crippen LogP contribution in [0.3, 0.4) is 0 Å². The molecule has 0 aliphatic carbocycles. The third-order valence-corrected chi connectivity index (χ3v) is 4.05. The minimum absolute atomic E-state index is 0.0325. The first-order valence-corrected chi connectivity index (χ1v) is 7.13. The number of carbonyl (C=O) groups is 2. The van der Waals surface area contributed by atoms with Crippen molar-refractivity contribution in [1.29, 1.82) is 0 Å². The van der Waals surface area contributed by atoms with Crippen molar-refractivity contribution in [2.24, 2.45) is 0 Å². The average Bonchev–Trinajstić information content (AvgIpc) is 2.87. The van der Waals surface area contributed by atoms with Crippen LogP contribution in [0.15, 0.2) is 34.1 Å². The van der Waals surface area contributed by atoms with Crippen LogP contribution in [0.1, 0.15) is 20.7 Å². The molecule has 0 unspecified atom stereocenters. The number of hydrogen-bond donors (Lipinski definition) is 2. The Morgan fingerprint density at radius 3 is 2.62 bits per heavy atom. The SMILES string of the molecule is O=C(Nc1sccc1C(=O)O)c1cc([N+](=O)[O-])ccc1Br. The Labute approximate surface area is 130 Å². The number of carbonyl (C=O) groups excluding carboxylic acids is 1. The first kappa shape index (κ1) is 15.1. The van der Waals surface area contributed by atoms with Gasteiger partial charge in [0.1, 0.15) is 5.00 Å². The third kappa shape index (κ3) is 3.26. The number of nitro groups is 1. The van der Waals surface area contributed by atoms with Gasteiger partial charge in [0.25, 0.3) is 11.6 Å². The lowest BCUT2D eigenvalue weighted by molar-refractivity contribution is -0.384. The fraction of sp³-hybridized carbons (Fsp3) is 0. The summed E-state index contributed by atoms with van der Waals surface area (Å²) in [6.45, 7) is 0. The topological polar surface area (TPSA) is 110 Å².